The molecule has 2 heterocycles. The Balaban J connectivity index is 2.08. The van der Waals surface area contributed by atoms with Crippen LogP contribution in [0.5, 0.6) is 0 Å². The Hall–Kier alpha value is -1.35. The van der Waals surface area contributed by atoms with Crippen molar-refractivity contribution in [1.82, 2.24) is 4.98 Å². The lowest BCUT2D eigenvalue weighted by atomic mass is 10.0. The van der Waals surface area contributed by atoms with E-state index in [1.807, 2.05) is 6.20 Å². The van der Waals surface area contributed by atoms with E-state index in [2.05, 4.69) is 63.1 Å². The summed E-state index contributed by atoms with van der Waals surface area (Å²) in [5.41, 5.74) is 3.88. The minimum Gasteiger partial charge on any atom is -0.325 e. The number of aromatic nitrogens is 1. The minimum atomic E-state index is 1.02. The molecule has 2 nitrogen and oxygen atoms in total. The van der Waals surface area contributed by atoms with Crippen molar-refractivity contribution in [3.63, 3.8) is 0 Å². The number of benzene rings is 1. The fourth-order valence-corrected chi connectivity index (χ4v) is 3.16. The third kappa shape index (κ3) is 2.03. The van der Waals surface area contributed by atoms with Gasteiger partial charge in [-0.15, -0.1) is 0 Å². The molecule has 92 valence electrons. The quantitative estimate of drug-likeness (QED) is 0.783. The molecule has 0 bridgehead atoms. The van der Waals surface area contributed by atoms with Crippen LogP contribution in [0.4, 0.5) is 11.5 Å². The zero-order valence-electron chi connectivity index (χ0n) is 10.4. The van der Waals surface area contributed by atoms with E-state index in [4.69, 9.17) is 0 Å². The largest absolute Gasteiger partial charge is 0.325 e. The SMILES string of the molecule is Cc1cnc(N2CCCc3ccccc32)c(Br)c1. The molecule has 0 N–H and O–H groups in total. The van der Waals surface area contributed by atoms with E-state index in [-0.39, 0.29) is 0 Å². The predicted octanol–water partition coefficient (Wildman–Crippen LogP) is 4.24. The molecule has 1 aliphatic rings. The zero-order chi connectivity index (χ0) is 12.5. The van der Waals surface area contributed by atoms with Gasteiger partial charge in [0.2, 0.25) is 0 Å². The van der Waals surface area contributed by atoms with Crippen molar-refractivity contribution in [3.05, 3.63) is 52.1 Å². The highest BCUT2D eigenvalue weighted by Crippen LogP contribution is 2.35. The number of rotatable bonds is 1. The highest BCUT2D eigenvalue weighted by molar-refractivity contribution is 9.10. The van der Waals surface area contributed by atoms with Crippen LogP contribution in [-0.4, -0.2) is 11.5 Å². The van der Waals surface area contributed by atoms with Gasteiger partial charge in [0.15, 0.2) is 0 Å². The van der Waals surface area contributed by atoms with E-state index in [0.29, 0.717) is 0 Å². The molecule has 3 rings (SSSR count). The fraction of sp³-hybridized carbons (Fsp3) is 0.267. The Kier molecular flexibility index (Phi) is 3.08. The number of para-hydroxylation sites is 1. The van der Waals surface area contributed by atoms with Crippen LogP contribution in [0.2, 0.25) is 0 Å². The van der Waals surface area contributed by atoms with Gasteiger partial charge in [0, 0.05) is 18.4 Å². The van der Waals surface area contributed by atoms with Gasteiger partial charge in [-0.2, -0.15) is 0 Å². The van der Waals surface area contributed by atoms with Gasteiger partial charge >= 0.3 is 0 Å². The first-order valence-corrected chi connectivity index (χ1v) is 7.02. The Bertz CT molecular complexity index is 580. The van der Waals surface area contributed by atoms with Crippen molar-refractivity contribution >= 4 is 27.4 Å². The van der Waals surface area contributed by atoms with E-state index < -0.39 is 0 Å². The number of nitrogens with zero attached hydrogens (tertiary/aromatic N) is 2. The summed E-state index contributed by atoms with van der Waals surface area (Å²) in [6.45, 7) is 3.09. The molecule has 0 amide bonds. The Labute approximate surface area is 116 Å². The van der Waals surface area contributed by atoms with Crippen LogP contribution >= 0.6 is 15.9 Å². The first-order valence-electron chi connectivity index (χ1n) is 6.23. The molecular formula is C15H15BrN2. The van der Waals surface area contributed by atoms with Crippen LogP contribution in [0, 0.1) is 6.92 Å². The van der Waals surface area contributed by atoms with Crippen molar-refractivity contribution in [2.75, 3.05) is 11.4 Å². The highest BCUT2D eigenvalue weighted by atomic mass is 79.9. The molecule has 3 heteroatoms. The van der Waals surface area contributed by atoms with Gasteiger partial charge < -0.3 is 4.90 Å². The average molecular weight is 303 g/mol. The molecular weight excluding hydrogens is 288 g/mol. The molecule has 0 unspecified atom stereocenters. The Morgan fingerprint density at radius 3 is 2.94 bits per heavy atom. The summed E-state index contributed by atoms with van der Waals surface area (Å²) >= 11 is 3.63. The van der Waals surface area contributed by atoms with E-state index in [1.165, 1.54) is 23.2 Å². The standard InChI is InChI=1S/C15H15BrN2/c1-11-9-13(16)15(17-10-11)18-8-4-6-12-5-2-3-7-14(12)18/h2-3,5,7,9-10H,4,6,8H2,1H3. The molecule has 0 saturated heterocycles. The summed E-state index contributed by atoms with van der Waals surface area (Å²) in [6, 6.07) is 10.7. The van der Waals surface area contributed by atoms with Crippen molar-refractivity contribution in [1.29, 1.82) is 0 Å². The summed E-state index contributed by atoms with van der Waals surface area (Å²) in [4.78, 5) is 6.89. The number of hydrogen-bond acceptors (Lipinski definition) is 2. The maximum Gasteiger partial charge on any atom is 0.147 e. The number of hydrogen-bond donors (Lipinski definition) is 0. The van der Waals surface area contributed by atoms with Crippen LogP contribution in [0.25, 0.3) is 0 Å². The van der Waals surface area contributed by atoms with Gasteiger partial charge in [-0.3, -0.25) is 0 Å². The second-order valence-electron chi connectivity index (χ2n) is 4.70. The molecule has 0 radical (unpaired) electrons. The average Bonchev–Trinajstić information content (AvgIpc) is 2.38. The van der Waals surface area contributed by atoms with Crippen LogP contribution < -0.4 is 4.90 Å². The molecule has 0 spiro atoms. The van der Waals surface area contributed by atoms with E-state index >= 15 is 0 Å². The van der Waals surface area contributed by atoms with Crippen LogP contribution in [-0.2, 0) is 6.42 Å². The van der Waals surface area contributed by atoms with Gasteiger partial charge in [0.1, 0.15) is 5.82 Å². The fourth-order valence-electron chi connectivity index (χ4n) is 2.48. The van der Waals surface area contributed by atoms with E-state index in [0.717, 1.165) is 23.3 Å². The van der Waals surface area contributed by atoms with Crippen molar-refractivity contribution in [3.8, 4) is 0 Å². The summed E-state index contributed by atoms with van der Waals surface area (Å²) < 4.78 is 1.07. The monoisotopic (exact) mass is 302 g/mol. The molecule has 2 aromatic rings. The maximum absolute atomic E-state index is 4.58. The van der Waals surface area contributed by atoms with Crippen LogP contribution in [0.1, 0.15) is 17.5 Å². The Morgan fingerprint density at radius 1 is 1.28 bits per heavy atom. The number of pyridine rings is 1. The number of halogens is 1. The summed E-state index contributed by atoms with van der Waals surface area (Å²) in [6.07, 6.45) is 4.27. The molecule has 18 heavy (non-hydrogen) atoms. The topological polar surface area (TPSA) is 16.1 Å². The number of fused-ring (bicyclic) bond motifs is 1. The molecule has 0 aliphatic carbocycles. The van der Waals surface area contributed by atoms with Gasteiger partial charge in [0.25, 0.3) is 0 Å². The smallest absolute Gasteiger partial charge is 0.147 e. The predicted molar refractivity (Wildman–Crippen MR) is 78.4 cm³/mol. The first-order chi connectivity index (χ1) is 8.75. The lowest BCUT2D eigenvalue weighted by Crippen LogP contribution is -2.25. The van der Waals surface area contributed by atoms with Crippen LogP contribution in [0.3, 0.4) is 0 Å². The van der Waals surface area contributed by atoms with E-state index in [1.54, 1.807) is 0 Å². The van der Waals surface area contributed by atoms with E-state index in [9.17, 15) is 0 Å². The number of aryl methyl sites for hydroxylation is 2. The second-order valence-corrected chi connectivity index (χ2v) is 5.56. The summed E-state index contributed by atoms with van der Waals surface area (Å²) in [7, 11) is 0. The third-order valence-electron chi connectivity index (χ3n) is 3.32. The van der Waals surface area contributed by atoms with Crippen molar-refractivity contribution in [2.24, 2.45) is 0 Å². The second kappa shape index (κ2) is 4.73. The molecule has 0 saturated carbocycles. The zero-order valence-corrected chi connectivity index (χ0v) is 11.9. The molecule has 1 aliphatic heterocycles. The summed E-state index contributed by atoms with van der Waals surface area (Å²) in [5.74, 6) is 1.02. The summed E-state index contributed by atoms with van der Waals surface area (Å²) in [5, 5.41) is 0. The van der Waals surface area contributed by atoms with Gasteiger partial charge in [-0.1, -0.05) is 18.2 Å². The molecule has 1 aromatic heterocycles. The normalized spacial score (nSPS) is 14.4. The van der Waals surface area contributed by atoms with Gasteiger partial charge in [-0.25, -0.2) is 4.98 Å². The number of anilines is 2. The third-order valence-corrected chi connectivity index (χ3v) is 3.91. The maximum atomic E-state index is 4.58. The van der Waals surface area contributed by atoms with Gasteiger partial charge in [0.05, 0.1) is 4.47 Å². The lowest BCUT2D eigenvalue weighted by molar-refractivity contribution is 0.758. The first kappa shape index (κ1) is 11.7. The Morgan fingerprint density at radius 2 is 2.11 bits per heavy atom. The van der Waals surface area contributed by atoms with Crippen molar-refractivity contribution in [2.45, 2.75) is 19.8 Å². The lowest BCUT2D eigenvalue weighted by Gasteiger charge is -2.31. The van der Waals surface area contributed by atoms with Crippen LogP contribution in [0.15, 0.2) is 41.0 Å². The molecule has 1 aromatic carbocycles. The minimum absolute atomic E-state index is 1.02. The molecule has 0 atom stereocenters. The van der Waals surface area contributed by atoms with Gasteiger partial charge in [-0.05, 0) is 59.0 Å². The molecule has 0 fully saturated rings. The highest BCUT2D eigenvalue weighted by Gasteiger charge is 2.20. The van der Waals surface area contributed by atoms with Crippen molar-refractivity contribution < 1.29 is 0 Å².